The first-order valence-electron chi connectivity index (χ1n) is 5.71. The van der Waals surface area contributed by atoms with Crippen molar-refractivity contribution in [1.82, 2.24) is 0 Å². The zero-order valence-corrected chi connectivity index (χ0v) is 10.5. The van der Waals surface area contributed by atoms with E-state index < -0.39 is 30.3 Å². The molecule has 1 aliphatic heterocycles. The van der Waals surface area contributed by atoms with E-state index in [4.69, 9.17) is 0 Å². The fourth-order valence-corrected chi connectivity index (χ4v) is 2.28. The first kappa shape index (κ1) is 13.5. The second-order valence-electron chi connectivity index (χ2n) is 4.36. The average molecular weight is 269 g/mol. The van der Waals surface area contributed by atoms with Crippen molar-refractivity contribution in [2.75, 3.05) is 12.0 Å². The van der Waals surface area contributed by atoms with Crippen molar-refractivity contribution in [2.24, 2.45) is 0 Å². The van der Waals surface area contributed by atoms with Crippen molar-refractivity contribution < 1.29 is 23.1 Å². The molecule has 4 nitrogen and oxygen atoms in total. The quantitative estimate of drug-likeness (QED) is 0.610. The predicted octanol–water partition coefficient (Wildman–Crippen LogP) is 2.08. The standard InChI is InChI=1S/C13H13F2NO3/c1-8(17)16-10-6-4-3-5-9(10)13(15,12(16)14)7-11(18)19-2/h3-6,12H,7H2,1-2H3/t12-,13-/m0/s1. The third-order valence-electron chi connectivity index (χ3n) is 3.18. The molecule has 0 saturated carbocycles. The lowest BCUT2D eigenvalue weighted by Gasteiger charge is -2.24. The van der Waals surface area contributed by atoms with Gasteiger partial charge in [0, 0.05) is 12.5 Å². The summed E-state index contributed by atoms with van der Waals surface area (Å²) in [6, 6.07) is 5.92. The van der Waals surface area contributed by atoms with Crippen molar-refractivity contribution in [3.05, 3.63) is 29.8 Å². The Balaban J connectivity index is 2.51. The second-order valence-corrected chi connectivity index (χ2v) is 4.36. The molecule has 19 heavy (non-hydrogen) atoms. The highest BCUT2D eigenvalue weighted by molar-refractivity contribution is 5.95. The average Bonchev–Trinajstić information content (AvgIpc) is 2.59. The molecule has 2 rings (SSSR count). The molecule has 1 aromatic carbocycles. The SMILES string of the molecule is COC(=O)C[C@]1(F)c2ccccc2N(C(C)=O)[C@@H]1F. The third kappa shape index (κ3) is 1.97. The van der Waals surface area contributed by atoms with Crippen LogP contribution in [0.5, 0.6) is 0 Å². The van der Waals surface area contributed by atoms with Crippen LogP contribution in [0.4, 0.5) is 14.5 Å². The lowest BCUT2D eigenvalue weighted by molar-refractivity contribution is -0.146. The van der Waals surface area contributed by atoms with Gasteiger partial charge in [0.1, 0.15) is 0 Å². The highest BCUT2D eigenvalue weighted by atomic mass is 19.2. The minimum absolute atomic E-state index is 0.0110. The van der Waals surface area contributed by atoms with E-state index >= 15 is 0 Å². The fraction of sp³-hybridized carbons (Fsp3) is 0.385. The Labute approximate surface area is 109 Å². The van der Waals surface area contributed by atoms with Crippen LogP contribution >= 0.6 is 0 Å². The van der Waals surface area contributed by atoms with E-state index in [0.717, 1.165) is 18.9 Å². The molecule has 0 bridgehead atoms. The molecule has 1 amide bonds. The number of alkyl halides is 2. The molecular weight excluding hydrogens is 256 g/mol. The highest BCUT2D eigenvalue weighted by Crippen LogP contribution is 2.49. The summed E-state index contributed by atoms with van der Waals surface area (Å²) in [5, 5.41) is 0. The van der Waals surface area contributed by atoms with Gasteiger partial charge >= 0.3 is 5.97 Å². The first-order valence-corrected chi connectivity index (χ1v) is 5.71. The lowest BCUT2D eigenvalue weighted by Crippen LogP contribution is -2.42. The Morgan fingerprint density at radius 2 is 2.05 bits per heavy atom. The molecule has 0 aliphatic carbocycles. The van der Waals surface area contributed by atoms with E-state index in [1.54, 1.807) is 6.07 Å². The fourth-order valence-electron chi connectivity index (χ4n) is 2.28. The van der Waals surface area contributed by atoms with Gasteiger partial charge in [-0.2, -0.15) is 0 Å². The van der Waals surface area contributed by atoms with Crippen LogP contribution in [0.3, 0.4) is 0 Å². The van der Waals surface area contributed by atoms with Gasteiger partial charge in [-0.05, 0) is 6.07 Å². The second kappa shape index (κ2) is 4.60. The Bertz CT molecular complexity index is 534. The Morgan fingerprint density at radius 3 is 2.63 bits per heavy atom. The number of nitrogens with zero attached hydrogens (tertiary/aromatic N) is 1. The summed E-state index contributed by atoms with van der Waals surface area (Å²) in [6.07, 6.45) is -3.01. The molecule has 0 unspecified atom stereocenters. The van der Waals surface area contributed by atoms with Gasteiger partial charge in [0.05, 0.1) is 19.2 Å². The summed E-state index contributed by atoms with van der Waals surface area (Å²) in [5.41, 5.74) is -2.44. The number of anilines is 1. The number of amides is 1. The normalized spacial score (nSPS) is 25.1. The summed E-state index contributed by atoms with van der Waals surface area (Å²) in [4.78, 5) is 23.5. The van der Waals surface area contributed by atoms with E-state index in [2.05, 4.69) is 4.74 Å². The summed E-state index contributed by atoms with van der Waals surface area (Å²) in [6.45, 7) is 1.15. The molecule has 1 heterocycles. The number of esters is 1. The van der Waals surface area contributed by atoms with Crippen LogP contribution in [0.25, 0.3) is 0 Å². The van der Waals surface area contributed by atoms with Crippen LogP contribution in [-0.2, 0) is 20.0 Å². The molecule has 0 fully saturated rings. The van der Waals surface area contributed by atoms with Gasteiger partial charge in [-0.25, -0.2) is 8.78 Å². The van der Waals surface area contributed by atoms with E-state index in [0.29, 0.717) is 0 Å². The van der Waals surface area contributed by atoms with Crippen LogP contribution in [-0.4, -0.2) is 25.3 Å². The van der Waals surface area contributed by atoms with Crippen LogP contribution in [0.1, 0.15) is 18.9 Å². The highest BCUT2D eigenvalue weighted by Gasteiger charge is 2.55. The molecule has 2 atom stereocenters. The number of carbonyl (C=O) groups excluding carboxylic acids is 2. The maximum atomic E-state index is 14.9. The zero-order valence-electron chi connectivity index (χ0n) is 10.5. The molecule has 0 spiro atoms. The van der Waals surface area contributed by atoms with Crippen LogP contribution in [0.15, 0.2) is 24.3 Å². The monoisotopic (exact) mass is 269 g/mol. The number of rotatable bonds is 2. The maximum absolute atomic E-state index is 14.9. The van der Waals surface area contributed by atoms with Gasteiger partial charge in [-0.3, -0.25) is 14.5 Å². The van der Waals surface area contributed by atoms with Gasteiger partial charge in [0.25, 0.3) is 0 Å². The molecule has 0 radical (unpaired) electrons. The van der Waals surface area contributed by atoms with E-state index in [9.17, 15) is 18.4 Å². The number of methoxy groups -OCH3 is 1. The Morgan fingerprint density at radius 1 is 1.42 bits per heavy atom. The molecule has 0 saturated heterocycles. The summed E-state index contributed by atoms with van der Waals surface area (Å²) >= 11 is 0. The van der Waals surface area contributed by atoms with Gasteiger partial charge in [0.2, 0.25) is 12.2 Å². The largest absolute Gasteiger partial charge is 0.469 e. The Kier molecular flexibility index (Phi) is 3.26. The van der Waals surface area contributed by atoms with Crippen LogP contribution < -0.4 is 4.90 Å². The molecule has 0 N–H and O–H groups in total. The summed E-state index contributed by atoms with van der Waals surface area (Å²) in [5.74, 6) is -1.49. The topological polar surface area (TPSA) is 46.6 Å². The number of carbonyl (C=O) groups is 2. The van der Waals surface area contributed by atoms with E-state index in [-0.39, 0.29) is 11.3 Å². The van der Waals surface area contributed by atoms with Gasteiger partial charge in [-0.15, -0.1) is 0 Å². The minimum atomic E-state index is -2.57. The Hall–Kier alpha value is -1.98. The van der Waals surface area contributed by atoms with Crippen molar-refractivity contribution >= 4 is 17.6 Å². The van der Waals surface area contributed by atoms with Crippen molar-refractivity contribution in [3.63, 3.8) is 0 Å². The molecule has 1 aliphatic rings. The lowest BCUT2D eigenvalue weighted by atomic mass is 9.93. The van der Waals surface area contributed by atoms with E-state index in [1.165, 1.54) is 18.2 Å². The number of halogens is 2. The van der Waals surface area contributed by atoms with Gasteiger partial charge in [-0.1, -0.05) is 18.2 Å². The number of hydrogen-bond donors (Lipinski definition) is 0. The first-order chi connectivity index (χ1) is 8.91. The molecule has 0 aromatic heterocycles. The van der Waals surface area contributed by atoms with Crippen molar-refractivity contribution in [3.8, 4) is 0 Å². The number of para-hydroxylation sites is 1. The predicted molar refractivity (Wildman–Crippen MR) is 63.9 cm³/mol. The smallest absolute Gasteiger partial charge is 0.309 e. The van der Waals surface area contributed by atoms with Crippen molar-refractivity contribution in [1.29, 1.82) is 0 Å². The minimum Gasteiger partial charge on any atom is -0.469 e. The molecule has 6 heteroatoms. The summed E-state index contributed by atoms with van der Waals surface area (Å²) < 4.78 is 33.6. The number of hydrogen-bond acceptors (Lipinski definition) is 3. The van der Waals surface area contributed by atoms with Gasteiger partial charge < -0.3 is 4.74 Å². The molecule has 102 valence electrons. The number of ether oxygens (including phenoxy) is 1. The van der Waals surface area contributed by atoms with Crippen molar-refractivity contribution in [2.45, 2.75) is 25.3 Å². The van der Waals surface area contributed by atoms with Gasteiger partial charge in [0.15, 0.2) is 5.67 Å². The number of fused-ring (bicyclic) bond motifs is 1. The molecule has 1 aromatic rings. The number of benzene rings is 1. The maximum Gasteiger partial charge on any atom is 0.309 e. The zero-order chi connectivity index (χ0) is 14.2. The summed E-state index contributed by atoms with van der Waals surface area (Å²) in [7, 11) is 1.10. The van der Waals surface area contributed by atoms with E-state index in [1.807, 2.05) is 0 Å². The van der Waals surface area contributed by atoms with Crippen LogP contribution in [0, 0.1) is 0 Å². The van der Waals surface area contributed by atoms with Crippen LogP contribution in [0.2, 0.25) is 0 Å². The third-order valence-corrected chi connectivity index (χ3v) is 3.18. The molecular formula is C13H13F2NO3.